The van der Waals surface area contributed by atoms with Crippen LogP contribution in [0.4, 0.5) is 23.2 Å². The highest BCUT2D eigenvalue weighted by Gasteiger charge is 2.36. The Bertz CT molecular complexity index is 1570. The molecule has 0 aromatic heterocycles. The summed E-state index contributed by atoms with van der Waals surface area (Å²) in [6, 6.07) is 13.7. The monoisotopic (exact) mass is 633 g/mol. The van der Waals surface area contributed by atoms with E-state index in [2.05, 4.69) is 5.32 Å². The maximum Gasteiger partial charge on any atom is 0.416 e. The summed E-state index contributed by atoms with van der Waals surface area (Å²) in [6.07, 6.45) is -0.280. The first kappa shape index (κ1) is 33.0. The van der Waals surface area contributed by atoms with Gasteiger partial charge in [0.2, 0.25) is 11.8 Å². The maximum atomic E-state index is 14.7. The average molecular weight is 634 g/mol. The number of sulfonamides is 1. The third-order valence-corrected chi connectivity index (χ3v) is 9.55. The van der Waals surface area contributed by atoms with E-state index in [4.69, 9.17) is 0 Å². The van der Waals surface area contributed by atoms with Gasteiger partial charge in [0.1, 0.15) is 18.4 Å². The van der Waals surface area contributed by atoms with Crippen LogP contribution in [0.3, 0.4) is 0 Å². The molecule has 0 spiro atoms. The standard InChI is InChI=1S/C32H35F4N3O4S/c1-22-15-17-28(18-16-22)44(42,43)39(27-13-8-10-25(19-27)32(34,35)36)21-30(40)38(20-24-9-6-7-14-29(24)33)23(2)31(41)37-26-11-4-3-5-12-26/h6-10,13-19,23,26H,3-5,11-12,20-21H2,1-2H3,(H,37,41)/t23-/m1/s1. The Morgan fingerprint density at radius 2 is 1.61 bits per heavy atom. The summed E-state index contributed by atoms with van der Waals surface area (Å²) in [7, 11) is -4.57. The Hall–Kier alpha value is -3.93. The molecule has 3 aromatic carbocycles. The molecule has 1 N–H and O–H groups in total. The van der Waals surface area contributed by atoms with E-state index < -0.39 is 52.0 Å². The third-order valence-electron chi connectivity index (χ3n) is 7.77. The molecule has 236 valence electrons. The van der Waals surface area contributed by atoms with Crippen LogP contribution in [-0.4, -0.2) is 43.8 Å². The molecule has 2 amide bonds. The van der Waals surface area contributed by atoms with Crippen LogP contribution in [0, 0.1) is 12.7 Å². The molecule has 0 aliphatic heterocycles. The van der Waals surface area contributed by atoms with Gasteiger partial charge in [-0.3, -0.25) is 13.9 Å². The van der Waals surface area contributed by atoms with Gasteiger partial charge in [-0.15, -0.1) is 0 Å². The molecule has 0 saturated heterocycles. The van der Waals surface area contributed by atoms with E-state index >= 15 is 0 Å². The van der Waals surface area contributed by atoms with Crippen molar-refractivity contribution in [2.24, 2.45) is 0 Å². The van der Waals surface area contributed by atoms with E-state index in [1.807, 2.05) is 0 Å². The van der Waals surface area contributed by atoms with Gasteiger partial charge in [-0.1, -0.05) is 61.2 Å². The van der Waals surface area contributed by atoms with Gasteiger partial charge in [0.05, 0.1) is 16.1 Å². The van der Waals surface area contributed by atoms with E-state index in [0.717, 1.165) is 60.8 Å². The van der Waals surface area contributed by atoms with E-state index in [1.165, 1.54) is 49.4 Å². The molecule has 1 atom stereocenters. The number of nitrogens with one attached hydrogen (secondary N) is 1. The number of alkyl halides is 3. The molecule has 4 rings (SSSR count). The number of nitrogens with zero attached hydrogens (tertiary/aromatic N) is 2. The van der Waals surface area contributed by atoms with Crippen molar-refractivity contribution in [3.05, 3.63) is 95.3 Å². The lowest BCUT2D eigenvalue weighted by Gasteiger charge is -2.33. The minimum atomic E-state index is -4.78. The summed E-state index contributed by atoms with van der Waals surface area (Å²) in [4.78, 5) is 28.1. The number of aryl methyl sites for hydroxylation is 1. The Labute approximate surface area is 254 Å². The van der Waals surface area contributed by atoms with Crippen LogP contribution < -0.4 is 9.62 Å². The molecule has 0 radical (unpaired) electrons. The fourth-order valence-electron chi connectivity index (χ4n) is 5.17. The predicted molar refractivity (Wildman–Crippen MR) is 159 cm³/mol. The van der Waals surface area contributed by atoms with Crippen molar-refractivity contribution in [2.45, 2.75) is 75.7 Å². The average Bonchev–Trinajstić information content (AvgIpc) is 2.99. The first-order valence-corrected chi connectivity index (χ1v) is 15.8. The first-order chi connectivity index (χ1) is 20.8. The number of carbonyl (C=O) groups excluding carboxylic acids is 2. The summed E-state index contributed by atoms with van der Waals surface area (Å²) < 4.78 is 84.0. The minimum Gasteiger partial charge on any atom is -0.352 e. The van der Waals surface area contributed by atoms with Crippen LogP contribution >= 0.6 is 0 Å². The topological polar surface area (TPSA) is 86.8 Å². The number of anilines is 1. The second kappa shape index (κ2) is 13.8. The Morgan fingerprint density at radius 1 is 0.955 bits per heavy atom. The van der Waals surface area contributed by atoms with Crippen LogP contribution in [0.2, 0.25) is 0 Å². The lowest BCUT2D eigenvalue weighted by atomic mass is 9.95. The number of rotatable bonds is 10. The number of hydrogen-bond acceptors (Lipinski definition) is 4. The zero-order chi connectivity index (χ0) is 32.1. The summed E-state index contributed by atoms with van der Waals surface area (Å²) in [5.41, 5.74) is -0.654. The molecule has 1 aliphatic rings. The van der Waals surface area contributed by atoms with Gasteiger partial charge in [0.25, 0.3) is 10.0 Å². The highest BCUT2D eigenvalue weighted by Crippen LogP contribution is 2.33. The summed E-state index contributed by atoms with van der Waals surface area (Å²) in [5.74, 6) is -2.02. The van der Waals surface area contributed by atoms with Crippen molar-refractivity contribution in [3.8, 4) is 0 Å². The zero-order valence-corrected chi connectivity index (χ0v) is 25.3. The summed E-state index contributed by atoms with van der Waals surface area (Å²) in [6.45, 7) is 1.89. The molecular formula is C32H35F4N3O4S. The molecule has 1 fully saturated rings. The van der Waals surface area contributed by atoms with Crippen molar-refractivity contribution < 1.29 is 35.6 Å². The van der Waals surface area contributed by atoms with Crippen LogP contribution in [0.15, 0.2) is 77.7 Å². The molecule has 7 nitrogen and oxygen atoms in total. The minimum absolute atomic E-state index is 0.0881. The van der Waals surface area contributed by atoms with Gasteiger partial charge in [-0.05, 0) is 63.1 Å². The van der Waals surface area contributed by atoms with Crippen molar-refractivity contribution >= 4 is 27.5 Å². The molecule has 3 aromatic rings. The first-order valence-electron chi connectivity index (χ1n) is 14.4. The lowest BCUT2D eigenvalue weighted by molar-refractivity contribution is -0.139. The molecule has 0 unspecified atom stereocenters. The van der Waals surface area contributed by atoms with E-state index in [1.54, 1.807) is 13.0 Å². The fraction of sp³-hybridized carbons (Fsp3) is 0.375. The maximum absolute atomic E-state index is 14.7. The van der Waals surface area contributed by atoms with Gasteiger partial charge in [-0.25, -0.2) is 12.8 Å². The Balaban J connectivity index is 1.73. The van der Waals surface area contributed by atoms with E-state index in [-0.39, 0.29) is 28.7 Å². The van der Waals surface area contributed by atoms with Gasteiger partial charge in [-0.2, -0.15) is 13.2 Å². The highest BCUT2D eigenvalue weighted by molar-refractivity contribution is 7.92. The van der Waals surface area contributed by atoms with Gasteiger partial charge in [0, 0.05) is 18.2 Å². The predicted octanol–water partition coefficient (Wildman–Crippen LogP) is 6.21. The van der Waals surface area contributed by atoms with Gasteiger partial charge >= 0.3 is 6.18 Å². The zero-order valence-electron chi connectivity index (χ0n) is 24.5. The molecule has 0 heterocycles. The third kappa shape index (κ3) is 7.96. The Morgan fingerprint density at radius 3 is 2.25 bits per heavy atom. The number of halogens is 4. The molecule has 12 heteroatoms. The van der Waals surface area contributed by atoms with Crippen molar-refractivity contribution in [2.75, 3.05) is 10.8 Å². The van der Waals surface area contributed by atoms with E-state index in [0.29, 0.717) is 10.4 Å². The lowest BCUT2D eigenvalue weighted by Crippen LogP contribution is -2.53. The largest absolute Gasteiger partial charge is 0.416 e. The number of hydrogen-bond donors (Lipinski definition) is 1. The van der Waals surface area contributed by atoms with E-state index in [9.17, 15) is 35.6 Å². The SMILES string of the molecule is Cc1ccc(S(=O)(=O)N(CC(=O)N(Cc2ccccc2F)[C@H](C)C(=O)NC2CCCCC2)c2cccc(C(F)(F)F)c2)cc1. The van der Waals surface area contributed by atoms with Crippen LogP contribution in [0.25, 0.3) is 0 Å². The molecular weight excluding hydrogens is 598 g/mol. The van der Waals surface area contributed by atoms with Crippen LogP contribution in [-0.2, 0) is 32.3 Å². The van der Waals surface area contributed by atoms with Crippen molar-refractivity contribution in [1.29, 1.82) is 0 Å². The second-order valence-corrected chi connectivity index (χ2v) is 12.9. The highest BCUT2D eigenvalue weighted by atomic mass is 32.2. The number of carbonyl (C=O) groups is 2. The molecule has 1 saturated carbocycles. The molecule has 0 bridgehead atoms. The number of benzene rings is 3. The summed E-state index contributed by atoms with van der Waals surface area (Å²) >= 11 is 0. The normalized spacial score (nSPS) is 15.0. The van der Waals surface area contributed by atoms with Gasteiger partial charge < -0.3 is 10.2 Å². The smallest absolute Gasteiger partial charge is 0.352 e. The van der Waals surface area contributed by atoms with Gasteiger partial charge in [0.15, 0.2) is 0 Å². The van der Waals surface area contributed by atoms with Crippen LogP contribution in [0.5, 0.6) is 0 Å². The fourth-order valence-corrected chi connectivity index (χ4v) is 6.57. The van der Waals surface area contributed by atoms with Crippen molar-refractivity contribution in [1.82, 2.24) is 10.2 Å². The second-order valence-electron chi connectivity index (χ2n) is 11.0. The molecule has 1 aliphatic carbocycles. The quantitative estimate of drug-likeness (QED) is 0.269. The Kier molecular flexibility index (Phi) is 10.3. The van der Waals surface area contributed by atoms with Crippen LogP contribution in [0.1, 0.15) is 55.7 Å². The number of amides is 2. The molecule has 44 heavy (non-hydrogen) atoms. The summed E-state index contributed by atoms with van der Waals surface area (Å²) in [5, 5.41) is 2.94. The van der Waals surface area contributed by atoms with Crippen molar-refractivity contribution in [3.63, 3.8) is 0 Å².